The van der Waals surface area contributed by atoms with Gasteiger partial charge in [-0.25, -0.2) is 0 Å². The molecule has 2 rings (SSSR count). The van der Waals surface area contributed by atoms with E-state index in [2.05, 4.69) is 10.6 Å². The SMILES string of the molecule is CCC1NCC(=O)N(CC(=O)Nc2ccccc2Cl)C1=O. The predicted octanol–water partition coefficient (Wildman–Crippen LogP) is 1.02. The Morgan fingerprint density at radius 1 is 1.43 bits per heavy atom. The topological polar surface area (TPSA) is 78.5 Å². The summed E-state index contributed by atoms with van der Waals surface area (Å²) < 4.78 is 0. The summed E-state index contributed by atoms with van der Waals surface area (Å²) in [6.45, 7) is 1.60. The van der Waals surface area contributed by atoms with Crippen molar-refractivity contribution in [3.05, 3.63) is 29.3 Å². The molecule has 0 radical (unpaired) electrons. The first-order valence-electron chi connectivity index (χ1n) is 6.65. The lowest BCUT2D eigenvalue weighted by atomic mass is 10.1. The first-order valence-corrected chi connectivity index (χ1v) is 7.02. The van der Waals surface area contributed by atoms with Crippen molar-refractivity contribution in [3.63, 3.8) is 0 Å². The number of benzene rings is 1. The predicted molar refractivity (Wildman–Crippen MR) is 78.9 cm³/mol. The van der Waals surface area contributed by atoms with E-state index in [4.69, 9.17) is 11.6 Å². The molecule has 0 spiro atoms. The number of nitrogens with zero attached hydrogens (tertiary/aromatic N) is 1. The first kappa shape index (κ1) is 15.5. The van der Waals surface area contributed by atoms with Crippen molar-refractivity contribution in [1.29, 1.82) is 0 Å². The lowest BCUT2D eigenvalue weighted by Crippen LogP contribution is -2.59. The van der Waals surface area contributed by atoms with Crippen LogP contribution in [0.4, 0.5) is 5.69 Å². The third-order valence-corrected chi connectivity index (χ3v) is 3.55. The van der Waals surface area contributed by atoms with Crippen LogP contribution in [0.5, 0.6) is 0 Å². The van der Waals surface area contributed by atoms with Gasteiger partial charge in [-0.2, -0.15) is 0 Å². The Bertz CT molecular complexity index is 576. The van der Waals surface area contributed by atoms with Crippen molar-refractivity contribution in [2.45, 2.75) is 19.4 Å². The highest BCUT2D eigenvalue weighted by Gasteiger charge is 2.33. The normalized spacial score (nSPS) is 18.8. The molecule has 3 amide bonds. The lowest BCUT2D eigenvalue weighted by Gasteiger charge is -2.30. The minimum atomic E-state index is -0.457. The Morgan fingerprint density at radius 2 is 2.14 bits per heavy atom. The van der Waals surface area contributed by atoms with Crippen LogP contribution in [0.1, 0.15) is 13.3 Å². The molecule has 1 heterocycles. The highest BCUT2D eigenvalue weighted by Crippen LogP contribution is 2.20. The number of amides is 3. The van der Waals surface area contributed by atoms with E-state index in [1.165, 1.54) is 0 Å². The van der Waals surface area contributed by atoms with Crippen molar-refractivity contribution >= 4 is 35.0 Å². The van der Waals surface area contributed by atoms with Gasteiger partial charge in [0.25, 0.3) is 0 Å². The zero-order chi connectivity index (χ0) is 15.4. The average molecular weight is 310 g/mol. The van der Waals surface area contributed by atoms with Crippen molar-refractivity contribution in [2.24, 2.45) is 0 Å². The second-order valence-electron chi connectivity index (χ2n) is 4.69. The molecule has 1 aromatic rings. The van der Waals surface area contributed by atoms with E-state index in [0.29, 0.717) is 17.1 Å². The molecule has 0 aromatic heterocycles. The summed E-state index contributed by atoms with van der Waals surface area (Å²) in [5, 5.41) is 5.83. The number of carbonyl (C=O) groups is 3. The van der Waals surface area contributed by atoms with Gasteiger partial charge in [-0.15, -0.1) is 0 Å². The number of para-hydroxylation sites is 1. The zero-order valence-electron chi connectivity index (χ0n) is 11.6. The fourth-order valence-electron chi connectivity index (χ4n) is 2.09. The number of hydrogen-bond acceptors (Lipinski definition) is 4. The van der Waals surface area contributed by atoms with Crippen LogP contribution < -0.4 is 10.6 Å². The summed E-state index contributed by atoms with van der Waals surface area (Å²) in [4.78, 5) is 36.8. The van der Waals surface area contributed by atoms with E-state index < -0.39 is 17.9 Å². The second kappa shape index (κ2) is 6.69. The molecule has 1 aliphatic heterocycles. The molecule has 1 unspecified atom stereocenters. The fraction of sp³-hybridized carbons (Fsp3) is 0.357. The third kappa shape index (κ3) is 3.59. The smallest absolute Gasteiger partial charge is 0.246 e. The second-order valence-corrected chi connectivity index (χ2v) is 5.10. The van der Waals surface area contributed by atoms with Crippen LogP contribution in [0.15, 0.2) is 24.3 Å². The standard InChI is InChI=1S/C14H16ClN3O3/c1-2-10-14(21)18(13(20)7-16-10)8-12(19)17-11-6-4-3-5-9(11)15/h3-6,10,16H,2,7-8H2,1H3,(H,17,19). The molecule has 1 aliphatic rings. The maximum absolute atomic E-state index is 12.1. The van der Waals surface area contributed by atoms with Gasteiger partial charge in [0, 0.05) is 0 Å². The lowest BCUT2D eigenvalue weighted by molar-refractivity contribution is -0.151. The van der Waals surface area contributed by atoms with Gasteiger partial charge in [0.15, 0.2) is 0 Å². The summed E-state index contributed by atoms with van der Waals surface area (Å²) >= 11 is 5.94. The minimum Gasteiger partial charge on any atom is -0.323 e. The molecule has 0 saturated carbocycles. The fourth-order valence-corrected chi connectivity index (χ4v) is 2.27. The summed E-state index contributed by atoms with van der Waals surface area (Å²) in [7, 11) is 0. The number of hydrogen-bond donors (Lipinski definition) is 2. The first-order chi connectivity index (χ1) is 10.0. The Balaban J connectivity index is 2.03. The van der Waals surface area contributed by atoms with Crippen LogP contribution in [0.3, 0.4) is 0 Å². The Morgan fingerprint density at radius 3 is 2.81 bits per heavy atom. The molecular formula is C14H16ClN3O3. The number of rotatable bonds is 4. The van der Waals surface area contributed by atoms with Crippen LogP contribution in [-0.2, 0) is 14.4 Å². The van der Waals surface area contributed by atoms with E-state index in [1.807, 2.05) is 6.92 Å². The van der Waals surface area contributed by atoms with Crippen LogP contribution >= 0.6 is 11.6 Å². The van der Waals surface area contributed by atoms with Gasteiger partial charge in [0.2, 0.25) is 17.7 Å². The Hall–Kier alpha value is -1.92. The molecule has 0 aliphatic carbocycles. The highest BCUT2D eigenvalue weighted by molar-refractivity contribution is 6.33. The summed E-state index contributed by atoms with van der Waals surface area (Å²) in [5.74, 6) is -1.23. The molecule has 1 atom stereocenters. The van der Waals surface area contributed by atoms with Crippen molar-refractivity contribution in [3.8, 4) is 0 Å². The Kier molecular flexibility index (Phi) is 4.93. The molecule has 2 N–H and O–H groups in total. The van der Waals surface area contributed by atoms with Crippen molar-refractivity contribution in [1.82, 2.24) is 10.2 Å². The molecule has 1 aromatic carbocycles. The molecule has 21 heavy (non-hydrogen) atoms. The number of imide groups is 1. The minimum absolute atomic E-state index is 0.0591. The quantitative estimate of drug-likeness (QED) is 0.814. The molecule has 6 nitrogen and oxygen atoms in total. The van der Waals surface area contributed by atoms with Gasteiger partial charge in [-0.3, -0.25) is 24.6 Å². The largest absolute Gasteiger partial charge is 0.323 e. The summed E-state index contributed by atoms with van der Waals surface area (Å²) in [5.41, 5.74) is 0.450. The summed E-state index contributed by atoms with van der Waals surface area (Å²) in [6, 6.07) is 6.35. The molecular weight excluding hydrogens is 294 g/mol. The zero-order valence-corrected chi connectivity index (χ0v) is 12.3. The summed E-state index contributed by atoms with van der Waals surface area (Å²) in [6.07, 6.45) is 0.564. The number of halogens is 1. The van der Waals surface area contributed by atoms with Crippen molar-refractivity contribution in [2.75, 3.05) is 18.4 Å². The van der Waals surface area contributed by atoms with Crippen LogP contribution in [0.25, 0.3) is 0 Å². The number of anilines is 1. The number of nitrogens with one attached hydrogen (secondary N) is 2. The Labute approximate surface area is 127 Å². The third-order valence-electron chi connectivity index (χ3n) is 3.22. The van der Waals surface area contributed by atoms with Gasteiger partial charge < -0.3 is 5.32 Å². The van der Waals surface area contributed by atoms with E-state index in [9.17, 15) is 14.4 Å². The van der Waals surface area contributed by atoms with Gasteiger partial charge >= 0.3 is 0 Å². The maximum atomic E-state index is 12.1. The number of piperazine rings is 1. The van der Waals surface area contributed by atoms with Crippen molar-refractivity contribution < 1.29 is 14.4 Å². The molecule has 112 valence electrons. The van der Waals surface area contributed by atoms with E-state index in [1.54, 1.807) is 24.3 Å². The van der Waals surface area contributed by atoms with Crippen LogP contribution in [-0.4, -0.2) is 41.8 Å². The molecule has 1 fully saturated rings. The van der Waals surface area contributed by atoms with Crippen LogP contribution in [0, 0.1) is 0 Å². The van der Waals surface area contributed by atoms with E-state index >= 15 is 0 Å². The molecule has 1 saturated heterocycles. The monoisotopic (exact) mass is 309 g/mol. The van der Waals surface area contributed by atoms with E-state index in [0.717, 1.165) is 4.90 Å². The maximum Gasteiger partial charge on any atom is 0.246 e. The molecule has 7 heteroatoms. The highest BCUT2D eigenvalue weighted by atomic mass is 35.5. The van der Waals surface area contributed by atoms with E-state index in [-0.39, 0.29) is 19.0 Å². The molecule has 0 bridgehead atoms. The van der Waals surface area contributed by atoms with Gasteiger partial charge in [0.1, 0.15) is 6.54 Å². The van der Waals surface area contributed by atoms with Gasteiger partial charge in [-0.05, 0) is 18.6 Å². The number of carbonyl (C=O) groups excluding carboxylic acids is 3. The van der Waals surface area contributed by atoms with Crippen LogP contribution in [0.2, 0.25) is 5.02 Å². The van der Waals surface area contributed by atoms with Gasteiger partial charge in [0.05, 0.1) is 23.3 Å². The van der Waals surface area contributed by atoms with Gasteiger partial charge in [-0.1, -0.05) is 30.7 Å². The average Bonchev–Trinajstić information content (AvgIpc) is 2.46.